The van der Waals surface area contributed by atoms with Gasteiger partial charge in [-0.2, -0.15) is 0 Å². The minimum Gasteiger partial charge on any atom is -0.480 e. The van der Waals surface area contributed by atoms with E-state index in [1.165, 1.54) is 0 Å². The van der Waals surface area contributed by atoms with Crippen molar-refractivity contribution in [3.05, 3.63) is 0 Å². The summed E-state index contributed by atoms with van der Waals surface area (Å²) in [5, 5.41) is 12.0. The van der Waals surface area contributed by atoms with E-state index in [1.807, 2.05) is 6.92 Å². The molecular weight excluding hydrogens is 246 g/mol. The Morgan fingerprint density at radius 1 is 1.32 bits per heavy atom. The fourth-order valence-corrected chi connectivity index (χ4v) is 3.09. The molecule has 1 saturated carbocycles. The largest absolute Gasteiger partial charge is 0.480 e. The van der Waals surface area contributed by atoms with Crippen molar-refractivity contribution in [2.75, 3.05) is 0 Å². The van der Waals surface area contributed by atoms with Crippen LogP contribution in [0.3, 0.4) is 0 Å². The number of aliphatic carboxylic acids is 1. The van der Waals surface area contributed by atoms with Gasteiger partial charge in [-0.05, 0) is 39.0 Å². The molecule has 2 aliphatic rings. The SMILES string of the molecule is C[C@H]1CC[C@@H](CCC(=O)NC2(C(=O)O)CCCC2)O1. The lowest BCUT2D eigenvalue weighted by molar-refractivity contribution is -0.147. The van der Waals surface area contributed by atoms with E-state index in [9.17, 15) is 14.7 Å². The molecule has 108 valence electrons. The maximum atomic E-state index is 11.9. The van der Waals surface area contributed by atoms with E-state index in [2.05, 4.69) is 5.32 Å². The van der Waals surface area contributed by atoms with Crippen molar-refractivity contribution in [2.24, 2.45) is 0 Å². The highest BCUT2D eigenvalue weighted by Gasteiger charge is 2.42. The van der Waals surface area contributed by atoms with Gasteiger partial charge in [-0.25, -0.2) is 4.79 Å². The molecule has 0 unspecified atom stereocenters. The van der Waals surface area contributed by atoms with Crippen LogP contribution in [0.25, 0.3) is 0 Å². The molecule has 0 spiro atoms. The number of rotatable bonds is 5. The predicted octanol–water partition coefficient (Wildman–Crippen LogP) is 1.85. The molecule has 5 heteroatoms. The van der Waals surface area contributed by atoms with Crippen molar-refractivity contribution in [3.8, 4) is 0 Å². The Labute approximate surface area is 113 Å². The summed E-state index contributed by atoms with van der Waals surface area (Å²) in [6, 6.07) is 0. The number of carboxylic acids is 1. The van der Waals surface area contributed by atoms with Crippen molar-refractivity contribution in [2.45, 2.75) is 76.0 Å². The first-order valence-electron chi connectivity index (χ1n) is 7.22. The second-order valence-electron chi connectivity index (χ2n) is 5.83. The summed E-state index contributed by atoms with van der Waals surface area (Å²) in [5.74, 6) is -1.06. The van der Waals surface area contributed by atoms with Crippen LogP contribution in [0.5, 0.6) is 0 Å². The van der Waals surface area contributed by atoms with Crippen LogP contribution in [-0.2, 0) is 14.3 Å². The van der Waals surface area contributed by atoms with Crippen molar-refractivity contribution < 1.29 is 19.4 Å². The molecule has 0 aromatic rings. The third-order valence-electron chi connectivity index (χ3n) is 4.26. The minimum absolute atomic E-state index is 0.158. The Kier molecular flexibility index (Phi) is 4.45. The topological polar surface area (TPSA) is 75.6 Å². The first-order valence-corrected chi connectivity index (χ1v) is 7.22. The quantitative estimate of drug-likeness (QED) is 0.798. The smallest absolute Gasteiger partial charge is 0.329 e. The van der Waals surface area contributed by atoms with Crippen LogP contribution in [0, 0.1) is 0 Å². The molecule has 1 heterocycles. The number of hydrogen-bond donors (Lipinski definition) is 2. The van der Waals surface area contributed by atoms with Gasteiger partial charge in [0.1, 0.15) is 5.54 Å². The zero-order chi connectivity index (χ0) is 13.9. The lowest BCUT2D eigenvalue weighted by Gasteiger charge is -2.25. The summed E-state index contributed by atoms with van der Waals surface area (Å²) in [4.78, 5) is 23.2. The van der Waals surface area contributed by atoms with Gasteiger partial charge in [0, 0.05) is 6.42 Å². The van der Waals surface area contributed by atoms with Crippen LogP contribution in [0.2, 0.25) is 0 Å². The molecule has 2 rings (SSSR count). The van der Waals surface area contributed by atoms with Gasteiger partial charge >= 0.3 is 5.97 Å². The third-order valence-corrected chi connectivity index (χ3v) is 4.26. The third kappa shape index (κ3) is 3.47. The average molecular weight is 269 g/mol. The normalized spacial score (nSPS) is 29.3. The van der Waals surface area contributed by atoms with Gasteiger partial charge in [0.05, 0.1) is 12.2 Å². The zero-order valence-electron chi connectivity index (χ0n) is 11.5. The van der Waals surface area contributed by atoms with E-state index in [1.54, 1.807) is 0 Å². The van der Waals surface area contributed by atoms with Gasteiger partial charge in [0.15, 0.2) is 0 Å². The number of carbonyl (C=O) groups is 2. The molecule has 1 saturated heterocycles. The molecule has 1 aliphatic carbocycles. The lowest BCUT2D eigenvalue weighted by atomic mass is 9.97. The minimum atomic E-state index is -1.01. The molecule has 1 amide bonds. The fourth-order valence-electron chi connectivity index (χ4n) is 3.09. The molecule has 2 fully saturated rings. The average Bonchev–Trinajstić information content (AvgIpc) is 2.97. The van der Waals surface area contributed by atoms with Crippen molar-refractivity contribution in [1.29, 1.82) is 0 Å². The second-order valence-corrected chi connectivity index (χ2v) is 5.83. The summed E-state index contributed by atoms with van der Waals surface area (Å²) in [7, 11) is 0. The van der Waals surface area contributed by atoms with Crippen LogP contribution < -0.4 is 5.32 Å². The van der Waals surface area contributed by atoms with Gasteiger partial charge < -0.3 is 15.2 Å². The van der Waals surface area contributed by atoms with E-state index in [-0.39, 0.29) is 18.1 Å². The molecule has 0 aromatic carbocycles. The first kappa shape index (κ1) is 14.3. The Bertz CT molecular complexity index is 349. The molecular formula is C14H23NO4. The van der Waals surface area contributed by atoms with Crippen molar-refractivity contribution in [1.82, 2.24) is 5.32 Å². The Morgan fingerprint density at radius 3 is 2.53 bits per heavy atom. The Hall–Kier alpha value is -1.10. The van der Waals surface area contributed by atoms with E-state index in [0.29, 0.717) is 25.7 Å². The highest BCUT2D eigenvalue weighted by atomic mass is 16.5. The maximum Gasteiger partial charge on any atom is 0.329 e. The van der Waals surface area contributed by atoms with Crippen LogP contribution >= 0.6 is 0 Å². The fraction of sp³-hybridized carbons (Fsp3) is 0.857. The summed E-state index contributed by atoms with van der Waals surface area (Å²) in [5.41, 5.74) is -1.01. The number of carboxylic acid groups (broad SMARTS) is 1. The predicted molar refractivity (Wildman–Crippen MR) is 69.8 cm³/mol. The molecule has 5 nitrogen and oxygen atoms in total. The molecule has 0 aromatic heterocycles. The van der Waals surface area contributed by atoms with Crippen molar-refractivity contribution >= 4 is 11.9 Å². The standard InChI is InChI=1S/C14H23NO4/c1-10-4-5-11(19-10)6-7-12(16)15-14(13(17)18)8-2-3-9-14/h10-11H,2-9H2,1H3,(H,15,16)(H,17,18)/t10-,11-/m0/s1. The Morgan fingerprint density at radius 2 is 2.00 bits per heavy atom. The highest BCUT2D eigenvalue weighted by molar-refractivity contribution is 5.87. The number of hydrogen-bond acceptors (Lipinski definition) is 3. The monoisotopic (exact) mass is 269 g/mol. The molecule has 19 heavy (non-hydrogen) atoms. The maximum absolute atomic E-state index is 11.9. The van der Waals surface area contributed by atoms with Gasteiger partial charge in [-0.3, -0.25) is 4.79 Å². The van der Waals surface area contributed by atoms with Gasteiger partial charge in [0.25, 0.3) is 0 Å². The summed E-state index contributed by atoms with van der Waals surface area (Å²) >= 11 is 0. The lowest BCUT2D eigenvalue weighted by Crippen LogP contribution is -2.52. The summed E-state index contributed by atoms with van der Waals surface area (Å²) in [6.07, 6.45) is 6.36. The molecule has 1 aliphatic heterocycles. The van der Waals surface area contributed by atoms with E-state index in [4.69, 9.17) is 4.74 Å². The number of amides is 1. The van der Waals surface area contributed by atoms with Crippen LogP contribution in [0.4, 0.5) is 0 Å². The summed E-state index contributed by atoms with van der Waals surface area (Å²) < 4.78 is 5.66. The van der Waals surface area contributed by atoms with Crippen molar-refractivity contribution in [3.63, 3.8) is 0 Å². The molecule has 0 radical (unpaired) electrons. The highest BCUT2D eigenvalue weighted by Crippen LogP contribution is 2.30. The summed E-state index contributed by atoms with van der Waals surface area (Å²) in [6.45, 7) is 2.04. The number of ether oxygens (including phenoxy) is 1. The van der Waals surface area contributed by atoms with Gasteiger partial charge in [-0.15, -0.1) is 0 Å². The number of nitrogens with one attached hydrogen (secondary N) is 1. The molecule has 2 N–H and O–H groups in total. The van der Waals surface area contributed by atoms with Gasteiger partial charge in [-0.1, -0.05) is 12.8 Å². The van der Waals surface area contributed by atoms with E-state index >= 15 is 0 Å². The first-order chi connectivity index (χ1) is 9.02. The van der Waals surface area contributed by atoms with Gasteiger partial charge in [0.2, 0.25) is 5.91 Å². The van der Waals surface area contributed by atoms with E-state index < -0.39 is 11.5 Å². The van der Waals surface area contributed by atoms with Crippen LogP contribution in [0.1, 0.15) is 58.3 Å². The van der Waals surface area contributed by atoms with E-state index in [0.717, 1.165) is 25.7 Å². The molecule has 0 bridgehead atoms. The number of carbonyl (C=O) groups excluding carboxylic acids is 1. The zero-order valence-corrected chi connectivity index (χ0v) is 11.5. The molecule has 2 atom stereocenters. The van der Waals surface area contributed by atoms with Crippen LogP contribution in [-0.4, -0.2) is 34.7 Å². The van der Waals surface area contributed by atoms with Crippen LogP contribution in [0.15, 0.2) is 0 Å². The second kappa shape index (κ2) is 5.90. The Balaban J connectivity index is 1.78.